The van der Waals surface area contributed by atoms with Crippen molar-refractivity contribution in [1.82, 2.24) is 4.72 Å². The molecule has 3 aromatic carbocycles. The van der Waals surface area contributed by atoms with Crippen molar-refractivity contribution in [3.63, 3.8) is 0 Å². The second kappa shape index (κ2) is 10.4. The predicted molar refractivity (Wildman–Crippen MR) is 120 cm³/mol. The first-order chi connectivity index (χ1) is 15.6. The number of benzene rings is 3. The summed E-state index contributed by atoms with van der Waals surface area (Å²) in [5.74, 6) is -5.21. The van der Waals surface area contributed by atoms with Crippen LogP contribution in [0.4, 0.5) is 33.7 Å². The monoisotopic (exact) mass is 477 g/mol. The smallest absolute Gasteiger partial charge is 0.322 e. The van der Waals surface area contributed by atoms with Crippen molar-refractivity contribution in [2.24, 2.45) is 0 Å². The van der Waals surface area contributed by atoms with E-state index >= 15 is 0 Å². The molecular weight excluding hydrogens is 458 g/mol. The Kier molecular flexibility index (Phi) is 7.59. The maximum atomic E-state index is 13.8. The van der Waals surface area contributed by atoms with Crippen molar-refractivity contribution < 1.29 is 27.2 Å². The minimum Gasteiger partial charge on any atom is -0.322 e. The van der Waals surface area contributed by atoms with Crippen molar-refractivity contribution in [1.29, 1.82) is 0 Å². The fourth-order valence-electron chi connectivity index (χ4n) is 2.87. The molecule has 0 saturated heterocycles. The molecule has 3 amide bonds. The molecule has 0 fully saturated rings. The van der Waals surface area contributed by atoms with E-state index in [4.69, 9.17) is 0 Å². The zero-order chi connectivity index (χ0) is 24.1. The second-order valence-corrected chi connectivity index (χ2v) is 8.24. The zero-order valence-electron chi connectivity index (χ0n) is 17.5. The molecule has 0 saturated carbocycles. The summed E-state index contributed by atoms with van der Waals surface area (Å²) in [4.78, 5) is 24.4. The average molecular weight is 477 g/mol. The third-order valence-corrected chi connectivity index (χ3v) is 5.58. The summed E-state index contributed by atoms with van der Waals surface area (Å²) >= 11 is 1.15. The second-order valence-electron chi connectivity index (χ2n) is 7.10. The van der Waals surface area contributed by atoms with Gasteiger partial charge in [-0.3, -0.25) is 9.52 Å². The zero-order valence-corrected chi connectivity index (χ0v) is 18.3. The molecule has 172 valence electrons. The molecule has 0 bridgehead atoms. The lowest BCUT2D eigenvalue weighted by Gasteiger charge is -2.14. The van der Waals surface area contributed by atoms with Gasteiger partial charge in [0.2, 0.25) is 0 Å². The van der Waals surface area contributed by atoms with E-state index in [1.54, 1.807) is 19.1 Å². The Bertz CT molecular complexity index is 1190. The van der Waals surface area contributed by atoms with E-state index in [0.29, 0.717) is 23.4 Å². The molecule has 10 heteroatoms. The van der Waals surface area contributed by atoms with E-state index in [9.17, 15) is 27.2 Å². The van der Waals surface area contributed by atoms with Gasteiger partial charge in [0.25, 0.3) is 5.91 Å². The fourth-order valence-corrected chi connectivity index (χ4v) is 3.50. The van der Waals surface area contributed by atoms with E-state index < -0.39 is 35.0 Å². The van der Waals surface area contributed by atoms with Crippen LogP contribution >= 0.6 is 11.9 Å². The van der Waals surface area contributed by atoms with Crippen LogP contribution in [0.5, 0.6) is 0 Å². The highest BCUT2D eigenvalue weighted by molar-refractivity contribution is 7.98. The topological polar surface area (TPSA) is 70.2 Å². The molecule has 0 aliphatic heterocycles. The number of anilines is 2. The minimum absolute atomic E-state index is 0.119. The third kappa shape index (κ3) is 6.26. The van der Waals surface area contributed by atoms with E-state index in [-0.39, 0.29) is 16.8 Å². The molecule has 0 heterocycles. The summed E-state index contributed by atoms with van der Waals surface area (Å²) < 4.78 is 55.8. The number of amides is 3. The van der Waals surface area contributed by atoms with Gasteiger partial charge in [-0.05, 0) is 73.3 Å². The molecule has 3 aromatic rings. The summed E-state index contributed by atoms with van der Waals surface area (Å²) in [6.07, 6.45) is 0. The summed E-state index contributed by atoms with van der Waals surface area (Å²) in [6, 6.07) is 10.8. The quantitative estimate of drug-likeness (QED) is 0.221. The molecule has 1 unspecified atom stereocenters. The lowest BCUT2D eigenvalue weighted by molar-refractivity contribution is 0.102. The number of halogens is 4. The Hall–Kier alpha value is -3.53. The van der Waals surface area contributed by atoms with Crippen LogP contribution in [0.2, 0.25) is 0 Å². The van der Waals surface area contributed by atoms with Crippen molar-refractivity contribution >= 4 is 35.3 Å². The summed E-state index contributed by atoms with van der Waals surface area (Å²) in [5.41, 5.74) is 1.52. The summed E-state index contributed by atoms with van der Waals surface area (Å²) in [6.45, 7) is 3.54. The van der Waals surface area contributed by atoms with E-state index in [1.165, 1.54) is 30.3 Å². The van der Waals surface area contributed by atoms with Gasteiger partial charge in [-0.2, -0.15) is 0 Å². The van der Waals surface area contributed by atoms with Gasteiger partial charge in [-0.1, -0.05) is 12.1 Å². The van der Waals surface area contributed by atoms with Gasteiger partial charge < -0.3 is 10.6 Å². The third-order valence-electron chi connectivity index (χ3n) is 4.65. The molecule has 3 rings (SSSR count). The highest BCUT2D eigenvalue weighted by Gasteiger charge is 2.17. The first-order valence-electron chi connectivity index (χ1n) is 9.68. The van der Waals surface area contributed by atoms with Crippen LogP contribution in [0.1, 0.15) is 33.7 Å². The van der Waals surface area contributed by atoms with Crippen molar-refractivity contribution in [3.8, 4) is 0 Å². The highest BCUT2D eigenvalue weighted by atomic mass is 32.2. The number of aryl methyl sites for hydroxylation is 1. The van der Waals surface area contributed by atoms with Crippen LogP contribution < -0.4 is 15.4 Å². The van der Waals surface area contributed by atoms with Crippen LogP contribution in [-0.4, -0.2) is 11.9 Å². The van der Waals surface area contributed by atoms with Crippen LogP contribution in [-0.2, 0) is 0 Å². The van der Waals surface area contributed by atoms with Gasteiger partial charge in [-0.15, -0.1) is 0 Å². The molecule has 3 N–H and O–H groups in total. The molecule has 0 spiro atoms. The maximum Gasteiger partial charge on any atom is 0.329 e. The Morgan fingerprint density at radius 1 is 0.848 bits per heavy atom. The van der Waals surface area contributed by atoms with Crippen molar-refractivity contribution in [2.45, 2.75) is 19.1 Å². The first kappa shape index (κ1) is 24.1. The van der Waals surface area contributed by atoms with E-state index in [0.717, 1.165) is 17.5 Å². The summed E-state index contributed by atoms with van der Waals surface area (Å²) in [5, 5.41) is 4.95. The molecule has 5 nitrogen and oxygen atoms in total. The number of nitrogens with one attached hydrogen (secondary N) is 3. The number of hydrogen-bond acceptors (Lipinski definition) is 3. The Balaban J connectivity index is 1.58. The predicted octanol–water partition coefficient (Wildman–Crippen LogP) is 6.33. The normalized spacial score (nSPS) is 11.6. The first-order valence-corrected chi connectivity index (χ1v) is 10.6. The summed E-state index contributed by atoms with van der Waals surface area (Å²) in [7, 11) is 0. The number of rotatable bonds is 6. The van der Waals surface area contributed by atoms with Gasteiger partial charge >= 0.3 is 6.03 Å². The van der Waals surface area contributed by atoms with E-state index in [2.05, 4.69) is 15.4 Å². The standard InChI is InChI=1S/C23H19F4N3O2S/c1-12-9-16(28-22(31)17-10-19(26)20(27)11-18(17)25)7-8-21(12)29-23(32)30-33-13(2)14-3-5-15(24)6-4-14/h3-11,13H,1-2H3,(H,28,31)(H2,29,30,32). The minimum atomic E-state index is -1.39. The van der Waals surface area contributed by atoms with Gasteiger partial charge in [0.15, 0.2) is 11.6 Å². The van der Waals surface area contributed by atoms with Gasteiger partial charge in [-0.25, -0.2) is 22.4 Å². The number of carbonyl (C=O) groups excluding carboxylic acids is 2. The molecule has 33 heavy (non-hydrogen) atoms. The maximum absolute atomic E-state index is 13.8. The number of urea groups is 1. The number of carbonyl (C=O) groups is 2. The molecule has 0 aromatic heterocycles. The van der Waals surface area contributed by atoms with Crippen LogP contribution in [0.25, 0.3) is 0 Å². The van der Waals surface area contributed by atoms with E-state index in [1.807, 2.05) is 6.92 Å². The largest absolute Gasteiger partial charge is 0.329 e. The molecule has 0 aliphatic carbocycles. The molecular formula is C23H19F4N3O2S. The molecule has 1 atom stereocenters. The average Bonchev–Trinajstić information content (AvgIpc) is 2.77. The van der Waals surface area contributed by atoms with Crippen LogP contribution in [0, 0.1) is 30.2 Å². The Labute approximate surface area is 191 Å². The Morgan fingerprint density at radius 3 is 2.18 bits per heavy atom. The van der Waals surface area contributed by atoms with Gasteiger partial charge in [0.1, 0.15) is 11.6 Å². The lowest BCUT2D eigenvalue weighted by Crippen LogP contribution is -2.24. The van der Waals surface area contributed by atoms with Gasteiger partial charge in [0, 0.05) is 22.7 Å². The SMILES string of the molecule is Cc1cc(NC(=O)c2cc(F)c(F)cc2F)ccc1NC(=O)NSC(C)c1ccc(F)cc1. The van der Waals surface area contributed by atoms with Crippen LogP contribution in [0.3, 0.4) is 0 Å². The molecule has 0 radical (unpaired) electrons. The van der Waals surface area contributed by atoms with Crippen LogP contribution in [0.15, 0.2) is 54.6 Å². The van der Waals surface area contributed by atoms with Crippen molar-refractivity contribution in [3.05, 3.63) is 94.6 Å². The lowest BCUT2D eigenvalue weighted by atomic mass is 10.1. The van der Waals surface area contributed by atoms with Crippen molar-refractivity contribution in [2.75, 3.05) is 10.6 Å². The molecule has 0 aliphatic rings. The highest BCUT2D eigenvalue weighted by Crippen LogP contribution is 2.26. The Morgan fingerprint density at radius 2 is 1.52 bits per heavy atom. The number of hydrogen-bond donors (Lipinski definition) is 3. The van der Waals surface area contributed by atoms with Gasteiger partial charge in [0.05, 0.1) is 5.56 Å². The fraction of sp³-hybridized carbons (Fsp3) is 0.130.